The zero-order valence-corrected chi connectivity index (χ0v) is 14.3. The normalized spacial score (nSPS) is 13.8. The van der Waals surface area contributed by atoms with Crippen LogP contribution in [0.1, 0.15) is 25.1 Å². The number of rotatable bonds is 9. The van der Waals surface area contributed by atoms with Crippen LogP contribution >= 0.6 is 11.3 Å². The zero-order chi connectivity index (χ0) is 15.2. The number of nitrogens with zero attached hydrogens (tertiary/aromatic N) is 1. The predicted octanol–water partition coefficient (Wildman–Crippen LogP) is 1.48. The molecule has 0 aromatic carbocycles. The van der Waals surface area contributed by atoms with E-state index in [1.807, 2.05) is 25.9 Å². The van der Waals surface area contributed by atoms with Gasteiger partial charge in [0.25, 0.3) is 0 Å². The fraction of sp³-hybridized carbons (Fsp3) is 0.692. The predicted molar refractivity (Wildman–Crippen MR) is 84.7 cm³/mol. The van der Waals surface area contributed by atoms with E-state index < -0.39 is 10.0 Å². The Kier molecular flexibility index (Phi) is 7.11. The summed E-state index contributed by atoms with van der Waals surface area (Å²) in [6.45, 7) is 6.31. The molecule has 20 heavy (non-hydrogen) atoms. The van der Waals surface area contributed by atoms with Crippen LogP contribution in [0.3, 0.4) is 0 Å². The van der Waals surface area contributed by atoms with Crippen LogP contribution < -0.4 is 10.0 Å². The lowest BCUT2D eigenvalue weighted by atomic mass is 10.3. The van der Waals surface area contributed by atoms with Crippen LogP contribution in [-0.4, -0.2) is 46.5 Å². The van der Waals surface area contributed by atoms with E-state index in [-0.39, 0.29) is 6.04 Å². The van der Waals surface area contributed by atoms with Gasteiger partial charge < -0.3 is 10.2 Å². The summed E-state index contributed by atoms with van der Waals surface area (Å²) in [7, 11) is 0.438. The first-order valence-corrected chi connectivity index (χ1v) is 9.16. The second-order valence-corrected chi connectivity index (χ2v) is 7.92. The quantitative estimate of drug-likeness (QED) is 0.677. The first-order chi connectivity index (χ1) is 9.35. The van der Waals surface area contributed by atoms with Crippen molar-refractivity contribution in [3.8, 4) is 0 Å². The summed E-state index contributed by atoms with van der Waals surface area (Å²) in [5.74, 6) is 0. The second-order valence-electron chi connectivity index (χ2n) is 5.21. The van der Waals surface area contributed by atoms with Gasteiger partial charge in [-0.3, -0.25) is 0 Å². The van der Waals surface area contributed by atoms with Crippen molar-refractivity contribution in [1.82, 2.24) is 14.9 Å². The Balaban J connectivity index is 2.63. The van der Waals surface area contributed by atoms with E-state index in [4.69, 9.17) is 0 Å². The lowest BCUT2D eigenvalue weighted by molar-refractivity contribution is 0.370. The molecule has 116 valence electrons. The van der Waals surface area contributed by atoms with E-state index in [1.54, 1.807) is 11.4 Å². The molecule has 1 heterocycles. The Morgan fingerprint density at radius 2 is 2.10 bits per heavy atom. The molecule has 0 saturated carbocycles. The fourth-order valence-electron chi connectivity index (χ4n) is 1.90. The highest BCUT2D eigenvalue weighted by atomic mass is 32.2. The molecular formula is C13H25N3O2S2. The molecule has 1 unspecified atom stereocenters. The molecule has 1 atom stereocenters. The van der Waals surface area contributed by atoms with Gasteiger partial charge in [-0.2, -0.15) is 0 Å². The Hall–Kier alpha value is -0.470. The van der Waals surface area contributed by atoms with Crippen molar-refractivity contribution in [3.05, 3.63) is 16.3 Å². The molecule has 7 heteroatoms. The minimum atomic E-state index is -3.41. The number of likely N-dealkylation sites (N-methyl/N-ethyl adjacent to an activating group) is 1. The summed E-state index contributed by atoms with van der Waals surface area (Å²) in [5.41, 5.74) is 0. The fourth-order valence-corrected chi connectivity index (χ4v) is 4.38. The number of thiophene rings is 1. The van der Waals surface area contributed by atoms with Crippen LogP contribution in [0.4, 0.5) is 0 Å². The first-order valence-electron chi connectivity index (χ1n) is 6.80. The summed E-state index contributed by atoms with van der Waals surface area (Å²) in [4.78, 5) is 3.36. The molecule has 2 N–H and O–H groups in total. The maximum Gasteiger partial charge on any atom is 0.241 e. The summed E-state index contributed by atoms with van der Waals surface area (Å²) in [6.07, 6.45) is 1.07. The minimum absolute atomic E-state index is 0.114. The van der Waals surface area contributed by atoms with Crippen LogP contribution in [0.25, 0.3) is 0 Å². The summed E-state index contributed by atoms with van der Waals surface area (Å²) < 4.78 is 27.1. The zero-order valence-electron chi connectivity index (χ0n) is 12.6. The van der Waals surface area contributed by atoms with Crippen LogP contribution in [0.15, 0.2) is 16.3 Å². The van der Waals surface area contributed by atoms with Crippen molar-refractivity contribution < 1.29 is 8.42 Å². The van der Waals surface area contributed by atoms with E-state index in [2.05, 4.69) is 17.0 Å². The maximum atomic E-state index is 12.2. The molecule has 0 aliphatic heterocycles. The van der Waals surface area contributed by atoms with Crippen molar-refractivity contribution in [2.24, 2.45) is 0 Å². The molecule has 1 aromatic heterocycles. The van der Waals surface area contributed by atoms with E-state index >= 15 is 0 Å². The Bertz CT molecular complexity index is 497. The lowest BCUT2D eigenvalue weighted by Gasteiger charge is -2.17. The first kappa shape index (κ1) is 17.6. The Morgan fingerprint density at radius 1 is 1.40 bits per heavy atom. The molecule has 0 spiro atoms. The van der Waals surface area contributed by atoms with Crippen molar-refractivity contribution >= 4 is 21.4 Å². The SMILES string of the molecule is CCCNCc1cc(S(=O)(=O)NC(C)CN(C)C)cs1. The van der Waals surface area contributed by atoms with Gasteiger partial charge in [0.1, 0.15) is 0 Å². The van der Waals surface area contributed by atoms with E-state index in [0.29, 0.717) is 11.4 Å². The average molecular weight is 319 g/mol. The van der Waals surface area contributed by atoms with Gasteiger partial charge in [-0.25, -0.2) is 13.1 Å². The van der Waals surface area contributed by atoms with Crippen LogP contribution in [0.2, 0.25) is 0 Å². The lowest BCUT2D eigenvalue weighted by Crippen LogP contribution is -2.39. The molecule has 0 radical (unpaired) electrons. The maximum absolute atomic E-state index is 12.2. The monoisotopic (exact) mass is 319 g/mol. The summed E-state index contributed by atoms with van der Waals surface area (Å²) >= 11 is 1.48. The van der Waals surface area contributed by atoms with Gasteiger partial charge in [0, 0.05) is 29.4 Å². The van der Waals surface area contributed by atoms with Gasteiger partial charge in [-0.15, -0.1) is 11.3 Å². The molecule has 0 fully saturated rings. The molecule has 0 saturated heterocycles. The molecule has 0 amide bonds. The average Bonchev–Trinajstić information content (AvgIpc) is 2.76. The van der Waals surface area contributed by atoms with Gasteiger partial charge in [0.15, 0.2) is 0 Å². The standard InChI is InChI=1S/C13H25N3O2S2/c1-5-6-14-8-12-7-13(10-19-12)20(17,18)15-11(2)9-16(3)4/h7,10-11,14-15H,5-6,8-9H2,1-4H3. The number of hydrogen-bond acceptors (Lipinski definition) is 5. The molecule has 0 aliphatic carbocycles. The minimum Gasteiger partial charge on any atom is -0.312 e. The highest BCUT2D eigenvalue weighted by Crippen LogP contribution is 2.19. The van der Waals surface area contributed by atoms with E-state index in [0.717, 1.165) is 24.4 Å². The van der Waals surface area contributed by atoms with Gasteiger partial charge >= 0.3 is 0 Å². The Morgan fingerprint density at radius 3 is 2.70 bits per heavy atom. The molecule has 0 bridgehead atoms. The third-order valence-electron chi connectivity index (χ3n) is 2.66. The van der Waals surface area contributed by atoms with Gasteiger partial charge in [-0.1, -0.05) is 6.92 Å². The van der Waals surface area contributed by atoms with Crippen molar-refractivity contribution in [2.45, 2.75) is 37.8 Å². The highest BCUT2D eigenvalue weighted by Gasteiger charge is 2.19. The van der Waals surface area contributed by atoms with Gasteiger partial charge in [-0.05, 0) is 40.1 Å². The topological polar surface area (TPSA) is 61.4 Å². The third kappa shape index (κ3) is 5.88. The number of nitrogens with one attached hydrogen (secondary N) is 2. The molecule has 1 aromatic rings. The van der Waals surface area contributed by atoms with E-state index in [9.17, 15) is 8.42 Å². The smallest absolute Gasteiger partial charge is 0.241 e. The highest BCUT2D eigenvalue weighted by molar-refractivity contribution is 7.89. The number of hydrogen-bond donors (Lipinski definition) is 2. The van der Waals surface area contributed by atoms with Crippen LogP contribution in [-0.2, 0) is 16.6 Å². The summed E-state index contributed by atoms with van der Waals surface area (Å²) in [5, 5.41) is 4.97. The molecular weight excluding hydrogens is 294 g/mol. The van der Waals surface area contributed by atoms with Crippen molar-refractivity contribution in [3.63, 3.8) is 0 Å². The Labute approximate surface area is 126 Å². The van der Waals surface area contributed by atoms with Crippen molar-refractivity contribution in [2.75, 3.05) is 27.2 Å². The van der Waals surface area contributed by atoms with Crippen LogP contribution in [0, 0.1) is 0 Å². The van der Waals surface area contributed by atoms with Crippen molar-refractivity contribution in [1.29, 1.82) is 0 Å². The molecule has 0 aliphatic rings. The van der Waals surface area contributed by atoms with E-state index in [1.165, 1.54) is 11.3 Å². The van der Waals surface area contributed by atoms with Gasteiger partial charge in [0.2, 0.25) is 10.0 Å². The molecule has 5 nitrogen and oxygen atoms in total. The second kappa shape index (κ2) is 8.09. The van der Waals surface area contributed by atoms with Gasteiger partial charge in [0.05, 0.1) is 4.90 Å². The largest absolute Gasteiger partial charge is 0.312 e. The third-order valence-corrected chi connectivity index (χ3v) is 5.32. The molecule has 1 rings (SSSR count). The van der Waals surface area contributed by atoms with Crippen LogP contribution in [0.5, 0.6) is 0 Å². The number of sulfonamides is 1. The summed E-state index contributed by atoms with van der Waals surface area (Å²) in [6, 6.07) is 1.63.